The molecule has 0 saturated heterocycles. The smallest absolute Gasteiger partial charge is 0.0571 e. The quantitative estimate of drug-likeness (QED) is 0.539. The molecule has 8 heavy (non-hydrogen) atoms. The molecule has 2 aliphatic carbocycles. The van der Waals surface area contributed by atoms with Crippen molar-refractivity contribution >= 4 is 0 Å². The van der Waals surface area contributed by atoms with Crippen LogP contribution in [0.1, 0.15) is 25.7 Å². The molecule has 2 fully saturated rings. The predicted octanol–water partition coefficient (Wildman–Crippen LogP) is 1.17. The van der Waals surface area contributed by atoms with Crippen LogP contribution < -0.4 is 0 Å². The molecule has 0 heterocycles. The van der Waals surface area contributed by atoms with E-state index in [0.29, 0.717) is 0 Å². The molecular weight excluding hydrogens is 100 g/mol. The molecule has 1 N–H and O–H groups in total. The zero-order valence-electron chi connectivity index (χ0n) is 5.01. The fraction of sp³-hybridized carbons (Fsp3) is 1.00. The lowest BCUT2D eigenvalue weighted by Crippen LogP contribution is -2.32. The van der Waals surface area contributed by atoms with Crippen LogP contribution in [0.3, 0.4) is 0 Å². The molecule has 2 rings (SSSR count). The molecule has 1 nitrogen and oxygen atoms in total. The van der Waals surface area contributed by atoms with E-state index >= 15 is 0 Å². The number of rotatable bonds is 1. The summed E-state index contributed by atoms with van der Waals surface area (Å²) >= 11 is 0. The average Bonchev–Trinajstić information content (AvgIpc) is 2.46. The number of hydrogen-bond acceptors (Lipinski definition) is 1. The van der Waals surface area contributed by atoms with Crippen LogP contribution in [0, 0.1) is 11.8 Å². The van der Waals surface area contributed by atoms with Crippen molar-refractivity contribution in [3.63, 3.8) is 0 Å². The fourth-order valence-corrected chi connectivity index (χ4v) is 1.58. The minimum Gasteiger partial charge on any atom is -0.393 e. The van der Waals surface area contributed by atoms with Crippen LogP contribution in [-0.4, -0.2) is 11.2 Å². The third-order valence-electron chi connectivity index (χ3n) is 2.52. The fourth-order valence-electron chi connectivity index (χ4n) is 1.58. The van der Waals surface area contributed by atoms with E-state index in [1.807, 2.05) is 0 Å². The first-order chi connectivity index (χ1) is 3.88. The lowest BCUT2D eigenvalue weighted by molar-refractivity contribution is 0.0118. The van der Waals surface area contributed by atoms with Gasteiger partial charge in [-0.15, -0.1) is 0 Å². The maximum absolute atomic E-state index is 9.12. The summed E-state index contributed by atoms with van der Waals surface area (Å²) < 4.78 is 0. The largest absolute Gasteiger partial charge is 0.393 e. The van der Waals surface area contributed by atoms with Crippen molar-refractivity contribution in [2.75, 3.05) is 0 Å². The second-order valence-corrected chi connectivity index (χ2v) is 3.15. The lowest BCUT2D eigenvalue weighted by Gasteiger charge is -2.32. The van der Waals surface area contributed by atoms with Crippen LogP contribution >= 0.6 is 0 Å². The van der Waals surface area contributed by atoms with Crippen LogP contribution in [0.4, 0.5) is 0 Å². The Morgan fingerprint density at radius 2 is 1.75 bits per heavy atom. The molecule has 1 heteroatoms. The Hall–Kier alpha value is -0.0400. The van der Waals surface area contributed by atoms with E-state index in [-0.39, 0.29) is 6.10 Å². The standard InChI is InChI=1S/C7H12O/c8-7-4-3-6(7)5-1-2-5/h5-8H,1-4H2/t6-,7-/m1/s1. The van der Waals surface area contributed by atoms with Crippen molar-refractivity contribution in [1.29, 1.82) is 0 Å². The number of aliphatic hydroxyl groups excluding tert-OH is 1. The van der Waals surface area contributed by atoms with E-state index < -0.39 is 0 Å². The normalized spacial score (nSPS) is 46.1. The summed E-state index contributed by atoms with van der Waals surface area (Å²) in [6.45, 7) is 0. The molecule has 0 aromatic rings. The maximum atomic E-state index is 9.12. The molecule has 2 aliphatic rings. The highest BCUT2D eigenvalue weighted by Gasteiger charge is 2.40. The van der Waals surface area contributed by atoms with E-state index in [9.17, 15) is 0 Å². The topological polar surface area (TPSA) is 20.2 Å². The highest BCUT2D eigenvalue weighted by molar-refractivity contribution is 4.91. The Labute approximate surface area is 49.7 Å². The van der Waals surface area contributed by atoms with Crippen LogP contribution in [0.25, 0.3) is 0 Å². The van der Waals surface area contributed by atoms with Crippen LogP contribution in [0.5, 0.6) is 0 Å². The molecule has 0 bridgehead atoms. The summed E-state index contributed by atoms with van der Waals surface area (Å²) in [6, 6.07) is 0. The lowest BCUT2D eigenvalue weighted by atomic mass is 9.78. The first-order valence-corrected chi connectivity index (χ1v) is 3.56. The second kappa shape index (κ2) is 1.47. The van der Waals surface area contributed by atoms with E-state index in [1.165, 1.54) is 19.3 Å². The third-order valence-corrected chi connectivity index (χ3v) is 2.52. The Balaban J connectivity index is 1.87. The van der Waals surface area contributed by atoms with Gasteiger partial charge in [0.25, 0.3) is 0 Å². The van der Waals surface area contributed by atoms with Gasteiger partial charge in [-0.3, -0.25) is 0 Å². The van der Waals surface area contributed by atoms with Crippen molar-refractivity contribution in [3.8, 4) is 0 Å². The summed E-state index contributed by atoms with van der Waals surface area (Å²) in [7, 11) is 0. The Kier molecular flexibility index (Phi) is 0.884. The van der Waals surface area contributed by atoms with Crippen molar-refractivity contribution in [2.24, 2.45) is 11.8 Å². The van der Waals surface area contributed by atoms with Crippen molar-refractivity contribution in [2.45, 2.75) is 31.8 Å². The summed E-state index contributed by atoms with van der Waals surface area (Å²) in [5.41, 5.74) is 0. The highest BCUT2D eigenvalue weighted by Crippen LogP contribution is 2.46. The van der Waals surface area contributed by atoms with E-state index in [4.69, 9.17) is 5.11 Å². The summed E-state index contributed by atoms with van der Waals surface area (Å²) in [5.74, 6) is 1.65. The molecule has 0 radical (unpaired) electrons. The first-order valence-electron chi connectivity index (χ1n) is 3.56. The van der Waals surface area contributed by atoms with Crippen molar-refractivity contribution < 1.29 is 5.11 Å². The predicted molar refractivity (Wildman–Crippen MR) is 31.5 cm³/mol. The molecule has 0 amide bonds. The molecule has 0 spiro atoms. The second-order valence-electron chi connectivity index (χ2n) is 3.15. The van der Waals surface area contributed by atoms with Gasteiger partial charge in [0.15, 0.2) is 0 Å². The summed E-state index contributed by atoms with van der Waals surface area (Å²) in [4.78, 5) is 0. The molecule has 2 saturated carbocycles. The SMILES string of the molecule is O[C@@H]1CC[C@@H]1C1CC1. The summed E-state index contributed by atoms with van der Waals surface area (Å²) in [6.07, 6.45) is 5.23. The Morgan fingerprint density at radius 1 is 1.00 bits per heavy atom. The highest BCUT2D eigenvalue weighted by atomic mass is 16.3. The Bertz CT molecular complexity index is 94.6. The molecule has 46 valence electrons. The molecule has 0 aromatic heterocycles. The van der Waals surface area contributed by atoms with Gasteiger partial charge in [-0.25, -0.2) is 0 Å². The first kappa shape index (κ1) is 4.80. The average molecular weight is 112 g/mol. The van der Waals surface area contributed by atoms with Crippen molar-refractivity contribution in [1.82, 2.24) is 0 Å². The molecule has 0 aromatic carbocycles. The monoisotopic (exact) mass is 112 g/mol. The van der Waals surface area contributed by atoms with E-state index in [0.717, 1.165) is 18.3 Å². The van der Waals surface area contributed by atoms with Gasteiger partial charge in [-0.1, -0.05) is 0 Å². The minimum absolute atomic E-state index is 0.0856. The molecule has 0 aliphatic heterocycles. The van der Waals surface area contributed by atoms with Gasteiger partial charge < -0.3 is 5.11 Å². The Morgan fingerprint density at radius 3 is 1.88 bits per heavy atom. The van der Waals surface area contributed by atoms with Gasteiger partial charge >= 0.3 is 0 Å². The minimum atomic E-state index is 0.0856. The van der Waals surface area contributed by atoms with Gasteiger partial charge in [0.05, 0.1) is 6.10 Å². The molecule has 0 unspecified atom stereocenters. The third kappa shape index (κ3) is 0.576. The summed E-state index contributed by atoms with van der Waals surface area (Å²) in [5, 5.41) is 9.12. The zero-order chi connectivity index (χ0) is 5.56. The van der Waals surface area contributed by atoms with Gasteiger partial charge in [-0.05, 0) is 37.5 Å². The van der Waals surface area contributed by atoms with Crippen LogP contribution in [0.15, 0.2) is 0 Å². The van der Waals surface area contributed by atoms with E-state index in [1.54, 1.807) is 0 Å². The van der Waals surface area contributed by atoms with Crippen LogP contribution in [0.2, 0.25) is 0 Å². The van der Waals surface area contributed by atoms with Gasteiger partial charge in [0.2, 0.25) is 0 Å². The number of aliphatic hydroxyl groups is 1. The van der Waals surface area contributed by atoms with E-state index in [2.05, 4.69) is 0 Å². The van der Waals surface area contributed by atoms with Gasteiger partial charge in [-0.2, -0.15) is 0 Å². The van der Waals surface area contributed by atoms with Crippen LogP contribution in [-0.2, 0) is 0 Å². The van der Waals surface area contributed by atoms with Gasteiger partial charge in [0, 0.05) is 0 Å². The van der Waals surface area contributed by atoms with Gasteiger partial charge in [0.1, 0.15) is 0 Å². The molecular formula is C7H12O. The zero-order valence-corrected chi connectivity index (χ0v) is 5.01. The maximum Gasteiger partial charge on any atom is 0.0571 e. The number of hydrogen-bond donors (Lipinski definition) is 1. The molecule has 2 atom stereocenters. The van der Waals surface area contributed by atoms with Crippen molar-refractivity contribution in [3.05, 3.63) is 0 Å².